The summed E-state index contributed by atoms with van der Waals surface area (Å²) in [5.41, 5.74) is 1.61. The van der Waals surface area contributed by atoms with E-state index in [1.807, 2.05) is 34.1 Å². The van der Waals surface area contributed by atoms with Crippen LogP contribution in [0.4, 0.5) is 5.69 Å². The highest BCUT2D eigenvalue weighted by molar-refractivity contribution is 5.91. The molecule has 6 nitrogen and oxygen atoms in total. The molecule has 4 saturated carbocycles. The van der Waals surface area contributed by atoms with Gasteiger partial charge in [-0.3, -0.25) is 9.59 Å². The van der Waals surface area contributed by atoms with Gasteiger partial charge in [0.15, 0.2) is 0 Å². The molecule has 1 aromatic rings. The van der Waals surface area contributed by atoms with Gasteiger partial charge in [-0.25, -0.2) is 0 Å². The highest BCUT2D eigenvalue weighted by atomic mass is 16.2. The molecule has 4 aliphatic carbocycles. The normalized spacial score (nSPS) is 34.7. The lowest BCUT2D eigenvalue weighted by Gasteiger charge is -2.56. The highest BCUT2D eigenvalue weighted by Crippen LogP contribution is 2.60. The van der Waals surface area contributed by atoms with Crippen LogP contribution in [0, 0.1) is 34.5 Å². The Kier molecular flexibility index (Phi) is 5.54. The van der Waals surface area contributed by atoms with Crippen molar-refractivity contribution in [1.29, 1.82) is 5.26 Å². The Hall–Kier alpha value is -2.55. The van der Waals surface area contributed by atoms with Gasteiger partial charge in [-0.05, 0) is 99.8 Å². The quantitative estimate of drug-likeness (QED) is 0.688. The third-order valence-corrected chi connectivity index (χ3v) is 9.46. The van der Waals surface area contributed by atoms with Crippen LogP contribution in [0.3, 0.4) is 0 Å². The van der Waals surface area contributed by atoms with Crippen LogP contribution in [0.5, 0.6) is 0 Å². The van der Waals surface area contributed by atoms with E-state index in [1.54, 1.807) is 0 Å². The third kappa shape index (κ3) is 3.78. The number of nitrogens with zero attached hydrogens (tertiary/aromatic N) is 4. The molecule has 4 bridgehead atoms. The Bertz CT molecular complexity index is 961. The van der Waals surface area contributed by atoms with Crippen molar-refractivity contribution in [3.63, 3.8) is 0 Å². The molecule has 0 aromatic heterocycles. The topological polar surface area (TPSA) is 67.7 Å². The predicted octanol–water partition coefficient (Wildman–Crippen LogP) is 3.80. The molecular formula is C28H36N4O2. The smallest absolute Gasteiger partial charge is 0.245 e. The second kappa shape index (κ2) is 8.59. The molecule has 34 heavy (non-hydrogen) atoms. The number of benzene rings is 1. The van der Waals surface area contributed by atoms with Crippen LogP contribution in [0.25, 0.3) is 0 Å². The number of hydrogen-bond acceptors (Lipinski definition) is 4. The van der Waals surface area contributed by atoms with Crippen molar-refractivity contribution >= 4 is 17.5 Å². The summed E-state index contributed by atoms with van der Waals surface area (Å²) >= 11 is 0. The molecule has 6 fully saturated rings. The number of anilines is 1. The Morgan fingerprint density at radius 2 is 1.53 bits per heavy atom. The molecule has 1 unspecified atom stereocenters. The van der Waals surface area contributed by atoms with Gasteiger partial charge in [0.25, 0.3) is 0 Å². The lowest BCUT2D eigenvalue weighted by Crippen LogP contribution is -2.57. The Labute approximate surface area is 202 Å². The SMILES string of the molecule is N#Cc1ccc(N2CCCN(C(=O)C3CCCN3C(=O)C34CC5CC(CC(C5)C3)C4)CC2)cc1. The Balaban J connectivity index is 1.13. The zero-order valence-electron chi connectivity index (χ0n) is 20.1. The summed E-state index contributed by atoms with van der Waals surface area (Å²) < 4.78 is 0. The zero-order valence-corrected chi connectivity index (χ0v) is 20.1. The van der Waals surface area contributed by atoms with Crippen LogP contribution in [0.2, 0.25) is 0 Å². The fourth-order valence-corrected chi connectivity index (χ4v) is 8.30. The molecule has 0 N–H and O–H groups in total. The van der Waals surface area contributed by atoms with Gasteiger partial charge in [0.1, 0.15) is 6.04 Å². The molecule has 0 radical (unpaired) electrons. The van der Waals surface area contributed by atoms with Crippen LogP contribution in [0.15, 0.2) is 24.3 Å². The van der Waals surface area contributed by atoms with Gasteiger partial charge < -0.3 is 14.7 Å². The van der Waals surface area contributed by atoms with Gasteiger partial charge >= 0.3 is 0 Å². The zero-order chi connectivity index (χ0) is 23.3. The van der Waals surface area contributed by atoms with Crippen molar-refractivity contribution in [3.8, 4) is 6.07 Å². The average Bonchev–Trinajstić information content (AvgIpc) is 3.19. The van der Waals surface area contributed by atoms with Crippen molar-refractivity contribution in [1.82, 2.24) is 9.80 Å². The van der Waals surface area contributed by atoms with E-state index in [0.717, 1.165) is 88.1 Å². The minimum absolute atomic E-state index is 0.164. The standard InChI is InChI=1S/C28H36N4O2/c29-19-20-4-6-24(7-5-20)30-8-2-9-31(12-11-30)26(33)25-3-1-10-32(25)27(34)28-16-21-13-22(17-28)15-23(14-21)18-28/h4-7,21-23,25H,1-3,8-18H2. The second-order valence-electron chi connectivity index (χ2n) is 11.7. The van der Waals surface area contributed by atoms with Gasteiger partial charge in [0.2, 0.25) is 11.8 Å². The number of carbonyl (C=O) groups excluding carboxylic acids is 2. The van der Waals surface area contributed by atoms with Crippen molar-refractivity contribution in [2.24, 2.45) is 23.2 Å². The summed E-state index contributed by atoms with van der Waals surface area (Å²) in [5.74, 6) is 2.70. The lowest BCUT2D eigenvalue weighted by atomic mass is 9.49. The second-order valence-corrected chi connectivity index (χ2v) is 11.7. The van der Waals surface area contributed by atoms with Crippen LogP contribution in [-0.4, -0.2) is 60.4 Å². The summed E-state index contributed by atoms with van der Waals surface area (Å²) in [6.45, 7) is 3.88. The molecule has 2 aliphatic heterocycles. The first-order valence-electron chi connectivity index (χ1n) is 13.4. The number of likely N-dealkylation sites (tertiary alicyclic amines) is 1. The Morgan fingerprint density at radius 1 is 0.853 bits per heavy atom. The predicted molar refractivity (Wildman–Crippen MR) is 130 cm³/mol. The van der Waals surface area contributed by atoms with E-state index < -0.39 is 0 Å². The van der Waals surface area contributed by atoms with Gasteiger partial charge in [-0.15, -0.1) is 0 Å². The minimum atomic E-state index is -0.262. The summed E-state index contributed by atoms with van der Waals surface area (Å²) in [4.78, 5) is 34.0. The molecule has 0 spiro atoms. The first-order valence-corrected chi connectivity index (χ1v) is 13.4. The van der Waals surface area contributed by atoms with Crippen molar-refractivity contribution in [3.05, 3.63) is 29.8 Å². The highest BCUT2D eigenvalue weighted by Gasteiger charge is 2.57. The first kappa shape index (κ1) is 21.9. The van der Waals surface area contributed by atoms with E-state index in [9.17, 15) is 9.59 Å². The van der Waals surface area contributed by atoms with E-state index in [2.05, 4.69) is 11.0 Å². The van der Waals surface area contributed by atoms with Crippen LogP contribution in [0.1, 0.15) is 63.4 Å². The number of hydrogen-bond donors (Lipinski definition) is 0. The molecule has 2 amide bonds. The molecule has 6 aliphatic rings. The summed E-state index contributed by atoms with van der Waals surface area (Å²) in [6, 6.07) is 9.62. The molecule has 6 heteroatoms. The van der Waals surface area contributed by atoms with Crippen molar-refractivity contribution < 1.29 is 9.59 Å². The average molecular weight is 461 g/mol. The largest absolute Gasteiger partial charge is 0.370 e. The third-order valence-electron chi connectivity index (χ3n) is 9.46. The van der Waals surface area contributed by atoms with Gasteiger partial charge in [0, 0.05) is 38.4 Å². The molecule has 2 heterocycles. The summed E-state index contributed by atoms with van der Waals surface area (Å²) in [5, 5.41) is 9.05. The van der Waals surface area contributed by atoms with E-state index in [0.29, 0.717) is 18.0 Å². The van der Waals surface area contributed by atoms with Gasteiger partial charge in [-0.1, -0.05) is 0 Å². The maximum absolute atomic E-state index is 14.0. The molecule has 1 aromatic carbocycles. The molecule has 2 saturated heterocycles. The van der Waals surface area contributed by atoms with Gasteiger partial charge in [-0.2, -0.15) is 5.26 Å². The van der Waals surface area contributed by atoms with Crippen LogP contribution in [-0.2, 0) is 9.59 Å². The van der Waals surface area contributed by atoms with Crippen LogP contribution < -0.4 is 4.90 Å². The summed E-state index contributed by atoms with van der Waals surface area (Å²) in [6.07, 6.45) is 9.87. The van der Waals surface area contributed by atoms with E-state index in [-0.39, 0.29) is 17.4 Å². The molecule has 180 valence electrons. The number of rotatable bonds is 3. The molecular weight excluding hydrogens is 424 g/mol. The van der Waals surface area contributed by atoms with E-state index >= 15 is 0 Å². The summed E-state index contributed by atoms with van der Waals surface area (Å²) in [7, 11) is 0. The lowest BCUT2D eigenvalue weighted by molar-refractivity contribution is -0.162. The fraction of sp³-hybridized carbons (Fsp3) is 0.679. The Morgan fingerprint density at radius 3 is 2.18 bits per heavy atom. The number of carbonyl (C=O) groups is 2. The fourth-order valence-electron chi connectivity index (χ4n) is 8.30. The van der Waals surface area contributed by atoms with Crippen molar-refractivity contribution in [2.45, 2.75) is 63.8 Å². The first-order chi connectivity index (χ1) is 16.5. The van der Waals surface area contributed by atoms with Crippen molar-refractivity contribution in [2.75, 3.05) is 37.6 Å². The van der Waals surface area contributed by atoms with Gasteiger partial charge in [0.05, 0.1) is 17.0 Å². The maximum Gasteiger partial charge on any atom is 0.245 e. The molecule has 7 rings (SSSR count). The maximum atomic E-state index is 14.0. The number of nitriles is 1. The minimum Gasteiger partial charge on any atom is -0.370 e. The monoisotopic (exact) mass is 460 g/mol. The number of amides is 2. The molecule has 1 atom stereocenters. The van der Waals surface area contributed by atoms with Crippen LogP contribution >= 0.6 is 0 Å². The van der Waals surface area contributed by atoms with E-state index in [4.69, 9.17) is 5.26 Å². The van der Waals surface area contributed by atoms with E-state index in [1.165, 1.54) is 19.3 Å².